The molecule has 160 valence electrons. The molecule has 7 heteroatoms. The highest BCUT2D eigenvalue weighted by atomic mass is 19.1. The average molecular weight is 427 g/mol. The molecule has 1 aliphatic rings. The van der Waals surface area contributed by atoms with Crippen molar-refractivity contribution < 1.29 is 9.50 Å². The summed E-state index contributed by atoms with van der Waals surface area (Å²) < 4.78 is 13.2. The second kappa shape index (κ2) is 7.94. The Hall–Kier alpha value is -3.97. The molecule has 6 nitrogen and oxygen atoms in total. The van der Waals surface area contributed by atoms with Crippen molar-refractivity contribution in [1.29, 1.82) is 5.41 Å². The van der Waals surface area contributed by atoms with E-state index < -0.39 is 0 Å². The number of fused-ring (bicyclic) bond motifs is 2. The van der Waals surface area contributed by atoms with Crippen molar-refractivity contribution >= 4 is 22.4 Å². The van der Waals surface area contributed by atoms with E-state index in [9.17, 15) is 9.50 Å². The summed E-state index contributed by atoms with van der Waals surface area (Å²) >= 11 is 0. The summed E-state index contributed by atoms with van der Waals surface area (Å²) in [7, 11) is 1.69. The predicted octanol–water partition coefficient (Wildman–Crippen LogP) is 4.49. The van der Waals surface area contributed by atoms with Gasteiger partial charge in [-0.05, 0) is 46.5 Å². The molecule has 1 aliphatic heterocycles. The van der Waals surface area contributed by atoms with Crippen LogP contribution in [0.1, 0.15) is 22.5 Å². The average Bonchev–Trinajstić information content (AvgIpc) is 3.43. The number of imidazole rings is 1. The van der Waals surface area contributed by atoms with Crippen LogP contribution >= 0.6 is 0 Å². The van der Waals surface area contributed by atoms with Gasteiger partial charge in [0.05, 0.1) is 11.0 Å². The summed E-state index contributed by atoms with van der Waals surface area (Å²) in [5, 5.41) is 25.7. The first-order valence-corrected chi connectivity index (χ1v) is 10.3. The summed E-state index contributed by atoms with van der Waals surface area (Å²) in [5.41, 5.74) is 6.84. The van der Waals surface area contributed by atoms with E-state index in [2.05, 4.69) is 32.7 Å². The van der Waals surface area contributed by atoms with E-state index in [1.165, 1.54) is 23.3 Å². The maximum Gasteiger partial charge on any atom is 0.168 e. The first-order valence-electron chi connectivity index (χ1n) is 10.3. The molecule has 0 atom stereocenters. The first kappa shape index (κ1) is 20.0. The predicted molar refractivity (Wildman–Crippen MR) is 124 cm³/mol. The van der Waals surface area contributed by atoms with Crippen LogP contribution in [0.5, 0.6) is 0 Å². The van der Waals surface area contributed by atoms with Gasteiger partial charge in [0.1, 0.15) is 17.2 Å². The van der Waals surface area contributed by atoms with Crippen LogP contribution in [0.3, 0.4) is 0 Å². The van der Waals surface area contributed by atoms with Gasteiger partial charge < -0.3 is 20.7 Å². The van der Waals surface area contributed by atoms with Crippen LogP contribution in [0.4, 0.5) is 4.39 Å². The Labute approximate surface area is 184 Å². The lowest BCUT2D eigenvalue weighted by molar-refractivity contribution is 0.442. The number of benzene rings is 3. The van der Waals surface area contributed by atoms with Crippen LogP contribution in [-0.2, 0) is 13.1 Å². The fraction of sp³-hybridized carbons (Fsp3) is 0.120. The molecule has 5 N–H and O–H groups in total. The molecular weight excluding hydrogens is 405 g/mol. The second-order valence-electron chi connectivity index (χ2n) is 7.76. The van der Waals surface area contributed by atoms with Gasteiger partial charge in [-0.1, -0.05) is 36.4 Å². The van der Waals surface area contributed by atoms with Gasteiger partial charge in [0.15, 0.2) is 11.6 Å². The van der Waals surface area contributed by atoms with Crippen LogP contribution in [0.25, 0.3) is 27.9 Å². The standard InChI is InChI=1S/C25H22FN5O/c1-28-23(25-30-20-10-17-12-29-13-18(17)11-21(20)31-25)24(32)22(27)16-4-2-14(3-5-16)15-6-8-19(26)9-7-15/h2-11,27-29,32H,12-13H2,1H3,(H,30,31)/b24-23+,27-22?. The number of rotatable bonds is 5. The molecule has 0 saturated carbocycles. The normalized spacial score (nSPS) is 13.7. The zero-order valence-corrected chi connectivity index (χ0v) is 17.5. The van der Waals surface area contributed by atoms with Crippen molar-refractivity contribution in [2.45, 2.75) is 13.1 Å². The number of hydrogen-bond donors (Lipinski definition) is 5. The highest BCUT2D eigenvalue weighted by Crippen LogP contribution is 2.25. The topological polar surface area (TPSA) is 96.8 Å². The fourth-order valence-electron chi connectivity index (χ4n) is 4.01. The first-order chi connectivity index (χ1) is 15.5. The molecule has 0 spiro atoms. The fourth-order valence-corrected chi connectivity index (χ4v) is 4.01. The maximum absolute atomic E-state index is 13.2. The van der Waals surface area contributed by atoms with Crippen LogP contribution < -0.4 is 10.6 Å². The lowest BCUT2D eigenvalue weighted by atomic mass is 10.0. The van der Waals surface area contributed by atoms with Crippen LogP contribution in [0.2, 0.25) is 0 Å². The minimum Gasteiger partial charge on any atom is -0.504 e. The molecule has 4 aromatic rings. The Balaban J connectivity index is 1.46. The van der Waals surface area contributed by atoms with Gasteiger partial charge in [0, 0.05) is 25.7 Å². The molecule has 0 amide bonds. The van der Waals surface area contributed by atoms with E-state index in [4.69, 9.17) is 5.41 Å². The molecule has 0 radical (unpaired) electrons. The number of aromatic nitrogens is 2. The largest absolute Gasteiger partial charge is 0.504 e. The molecule has 0 aliphatic carbocycles. The number of nitrogens with zero attached hydrogens (tertiary/aromatic N) is 1. The highest BCUT2D eigenvalue weighted by molar-refractivity contribution is 6.12. The quantitative estimate of drug-likeness (QED) is 0.240. The minimum absolute atomic E-state index is 0.0212. The molecule has 0 unspecified atom stereocenters. The molecule has 0 saturated heterocycles. The molecule has 3 aromatic carbocycles. The Kier molecular flexibility index (Phi) is 4.95. The molecule has 1 aromatic heterocycles. The van der Waals surface area contributed by atoms with Gasteiger partial charge in [-0.15, -0.1) is 0 Å². The van der Waals surface area contributed by atoms with Gasteiger partial charge in [-0.3, -0.25) is 5.41 Å². The second-order valence-corrected chi connectivity index (χ2v) is 7.76. The van der Waals surface area contributed by atoms with Crippen molar-refractivity contribution in [3.05, 3.63) is 94.8 Å². The Morgan fingerprint density at radius 1 is 1.00 bits per heavy atom. The van der Waals surface area contributed by atoms with Gasteiger partial charge in [0.2, 0.25) is 0 Å². The smallest absolute Gasteiger partial charge is 0.168 e. The van der Waals surface area contributed by atoms with E-state index in [1.54, 1.807) is 31.3 Å². The van der Waals surface area contributed by atoms with Crippen molar-refractivity contribution in [3.8, 4) is 11.1 Å². The zero-order chi connectivity index (χ0) is 22.2. The number of nitrogens with one attached hydrogen (secondary N) is 4. The van der Waals surface area contributed by atoms with Crippen molar-refractivity contribution in [2.24, 2.45) is 0 Å². The number of halogens is 1. The van der Waals surface area contributed by atoms with Gasteiger partial charge in [-0.2, -0.15) is 0 Å². The molecular formula is C25H22FN5O. The van der Waals surface area contributed by atoms with Crippen LogP contribution in [0.15, 0.2) is 66.4 Å². The summed E-state index contributed by atoms with van der Waals surface area (Å²) in [6.45, 7) is 1.66. The third-order valence-corrected chi connectivity index (χ3v) is 5.75. The molecule has 0 bridgehead atoms. The summed E-state index contributed by atoms with van der Waals surface area (Å²) in [6, 6.07) is 17.6. The summed E-state index contributed by atoms with van der Waals surface area (Å²) in [4.78, 5) is 7.88. The highest BCUT2D eigenvalue weighted by Gasteiger charge is 2.19. The monoisotopic (exact) mass is 427 g/mol. The zero-order valence-electron chi connectivity index (χ0n) is 17.5. The maximum atomic E-state index is 13.2. The lowest BCUT2D eigenvalue weighted by Gasteiger charge is -2.10. The van der Waals surface area contributed by atoms with Crippen LogP contribution in [-0.4, -0.2) is 27.8 Å². The van der Waals surface area contributed by atoms with Gasteiger partial charge in [0.25, 0.3) is 0 Å². The van der Waals surface area contributed by atoms with Gasteiger partial charge >= 0.3 is 0 Å². The van der Waals surface area contributed by atoms with E-state index >= 15 is 0 Å². The number of aromatic amines is 1. The Morgan fingerprint density at radius 3 is 2.28 bits per heavy atom. The van der Waals surface area contributed by atoms with E-state index in [1.807, 2.05) is 12.1 Å². The summed E-state index contributed by atoms with van der Waals surface area (Å²) in [6.07, 6.45) is 0. The van der Waals surface area contributed by atoms with Gasteiger partial charge in [-0.25, -0.2) is 9.37 Å². The van der Waals surface area contributed by atoms with Crippen molar-refractivity contribution in [1.82, 2.24) is 20.6 Å². The minimum atomic E-state index is -0.284. The number of allylic oxidation sites excluding steroid dienone is 1. The number of H-pyrrole nitrogens is 1. The molecule has 5 rings (SSSR count). The third-order valence-electron chi connectivity index (χ3n) is 5.75. The number of aliphatic hydroxyl groups excluding tert-OH is 1. The van der Waals surface area contributed by atoms with Crippen molar-refractivity contribution in [2.75, 3.05) is 7.05 Å². The summed E-state index contributed by atoms with van der Waals surface area (Å²) in [5.74, 6) is -0.00622. The van der Waals surface area contributed by atoms with E-state index in [-0.39, 0.29) is 17.3 Å². The molecule has 2 heterocycles. The van der Waals surface area contributed by atoms with E-state index in [0.717, 1.165) is 35.2 Å². The lowest BCUT2D eigenvalue weighted by Crippen LogP contribution is -2.15. The third kappa shape index (κ3) is 3.52. The van der Waals surface area contributed by atoms with Crippen molar-refractivity contribution in [3.63, 3.8) is 0 Å². The SMILES string of the molecule is CN/C(=C(/O)C(=N)c1ccc(-c2ccc(F)cc2)cc1)c1nc2cc3c(cc2[nH]1)CNC3. The Morgan fingerprint density at radius 2 is 1.62 bits per heavy atom. The van der Waals surface area contributed by atoms with E-state index in [0.29, 0.717) is 17.1 Å². The molecule has 32 heavy (non-hydrogen) atoms. The molecule has 0 fully saturated rings. The van der Waals surface area contributed by atoms with Crippen LogP contribution in [0, 0.1) is 11.2 Å². The number of aliphatic hydroxyl groups is 1. The Bertz CT molecular complexity index is 1310. The number of hydrogen-bond acceptors (Lipinski definition) is 5.